The van der Waals surface area contributed by atoms with E-state index >= 15 is 0 Å². The summed E-state index contributed by atoms with van der Waals surface area (Å²) in [6.07, 6.45) is 1.64. The number of hydrogen-bond acceptors (Lipinski definition) is 4. The Balaban J connectivity index is 4.73. The van der Waals surface area contributed by atoms with Crippen molar-refractivity contribution < 1.29 is 4.79 Å². The van der Waals surface area contributed by atoms with Gasteiger partial charge in [-0.1, -0.05) is 13.8 Å². The van der Waals surface area contributed by atoms with Gasteiger partial charge in [-0.05, 0) is 12.8 Å². The molecule has 0 fully saturated rings. The minimum absolute atomic E-state index is 0.159. The largest absolute Gasteiger partial charge is 0.339 e. The van der Waals surface area contributed by atoms with Gasteiger partial charge < -0.3 is 10.6 Å². The monoisotopic (exact) mass is 236 g/mol. The van der Waals surface area contributed by atoms with E-state index in [4.69, 9.17) is 16.3 Å². The van der Waals surface area contributed by atoms with Gasteiger partial charge in [-0.3, -0.25) is 4.79 Å². The summed E-state index contributed by atoms with van der Waals surface area (Å²) in [6.45, 7) is 4.42. The fraction of sp³-hybridized carbons (Fsp3) is 0.750. The Morgan fingerprint density at radius 1 is 1.18 bits per heavy atom. The molecule has 0 aliphatic heterocycles. The van der Waals surface area contributed by atoms with Crippen molar-refractivity contribution in [1.29, 1.82) is 10.5 Å². The Morgan fingerprint density at radius 3 is 1.88 bits per heavy atom. The fourth-order valence-electron chi connectivity index (χ4n) is 1.55. The summed E-state index contributed by atoms with van der Waals surface area (Å²) in [7, 11) is 0. The molecule has 0 aromatic rings. The van der Waals surface area contributed by atoms with E-state index in [2.05, 4.69) is 0 Å². The third kappa shape index (κ3) is 4.42. The van der Waals surface area contributed by atoms with Crippen molar-refractivity contribution in [2.75, 3.05) is 13.1 Å². The maximum atomic E-state index is 12.2. The van der Waals surface area contributed by atoms with Crippen LogP contribution in [0.25, 0.3) is 0 Å². The van der Waals surface area contributed by atoms with E-state index in [1.165, 1.54) is 4.90 Å². The molecular formula is C12H20N4O. The predicted molar refractivity (Wildman–Crippen MR) is 64.5 cm³/mol. The molecule has 17 heavy (non-hydrogen) atoms. The molecule has 1 amide bonds. The second kappa shape index (κ2) is 7.65. The van der Waals surface area contributed by atoms with Gasteiger partial charge in [-0.2, -0.15) is 10.5 Å². The summed E-state index contributed by atoms with van der Waals surface area (Å²) in [5.74, 6) is -0.159. The molecule has 0 radical (unpaired) electrons. The Hall–Kier alpha value is -1.59. The average Bonchev–Trinajstić information content (AvgIpc) is 2.37. The van der Waals surface area contributed by atoms with Gasteiger partial charge >= 0.3 is 0 Å². The van der Waals surface area contributed by atoms with E-state index in [-0.39, 0.29) is 18.7 Å². The first-order chi connectivity index (χ1) is 8.05. The zero-order chi connectivity index (χ0) is 13.3. The van der Waals surface area contributed by atoms with Gasteiger partial charge in [0.1, 0.15) is 0 Å². The molecule has 0 aromatic carbocycles. The topological polar surface area (TPSA) is 93.9 Å². The lowest BCUT2D eigenvalue weighted by atomic mass is 9.92. The molecule has 0 aromatic heterocycles. The molecule has 0 saturated heterocycles. The van der Waals surface area contributed by atoms with E-state index in [1.54, 1.807) is 0 Å². The van der Waals surface area contributed by atoms with Crippen LogP contribution in [-0.2, 0) is 4.79 Å². The van der Waals surface area contributed by atoms with Crippen LogP contribution in [0.3, 0.4) is 0 Å². The number of rotatable bonds is 7. The van der Waals surface area contributed by atoms with Crippen LogP contribution in [0, 0.1) is 22.7 Å². The minimum Gasteiger partial charge on any atom is -0.339 e. The molecule has 0 atom stereocenters. The highest BCUT2D eigenvalue weighted by atomic mass is 16.2. The minimum atomic E-state index is -0.870. The lowest BCUT2D eigenvalue weighted by Crippen LogP contribution is -2.55. The number of carbonyl (C=O) groups excluding carboxylic acids is 1. The van der Waals surface area contributed by atoms with E-state index < -0.39 is 5.54 Å². The highest BCUT2D eigenvalue weighted by Crippen LogP contribution is 2.15. The van der Waals surface area contributed by atoms with Gasteiger partial charge in [-0.15, -0.1) is 0 Å². The molecule has 0 saturated carbocycles. The Labute approximate surface area is 103 Å². The number of nitrogens with zero attached hydrogens (tertiary/aromatic N) is 3. The van der Waals surface area contributed by atoms with Crippen molar-refractivity contribution in [3.05, 3.63) is 0 Å². The molecule has 0 bridgehead atoms. The Kier molecular flexibility index (Phi) is 6.93. The highest BCUT2D eigenvalue weighted by Gasteiger charge is 2.33. The van der Waals surface area contributed by atoms with E-state index in [0.717, 1.165) is 0 Å². The Bertz CT molecular complexity index is 304. The zero-order valence-electron chi connectivity index (χ0n) is 10.6. The van der Waals surface area contributed by atoms with Gasteiger partial charge in [-0.25, -0.2) is 0 Å². The summed E-state index contributed by atoms with van der Waals surface area (Å²) >= 11 is 0. The second-order valence-corrected chi connectivity index (χ2v) is 3.97. The third-order valence-corrected chi connectivity index (χ3v) is 2.96. The number of carbonyl (C=O) groups is 1. The first kappa shape index (κ1) is 15.4. The normalized spacial score (nSPS) is 10.4. The third-order valence-electron chi connectivity index (χ3n) is 2.96. The smallest absolute Gasteiger partial charge is 0.242 e. The van der Waals surface area contributed by atoms with E-state index in [1.807, 2.05) is 26.0 Å². The average molecular weight is 236 g/mol. The van der Waals surface area contributed by atoms with Gasteiger partial charge in [0, 0.05) is 13.1 Å². The molecule has 0 heterocycles. The summed E-state index contributed by atoms with van der Waals surface area (Å²) in [6, 6.07) is 4.00. The van der Waals surface area contributed by atoms with Crippen LogP contribution in [0.5, 0.6) is 0 Å². The van der Waals surface area contributed by atoms with Crippen molar-refractivity contribution in [3.8, 4) is 12.1 Å². The molecule has 2 N–H and O–H groups in total. The standard InChI is InChI=1S/C12H20N4O/c1-3-12(15,4-2)11(17)16(9-5-7-13)10-6-8-14/h3-6,9-10,15H2,1-2H3. The quantitative estimate of drug-likeness (QED) is 0.717. The molecule has 5 nitrogen and oxygen atoms in total. The number of nitrogens with two attached hydrogens (primary N) is 1. The molecule has 0 aliphatic carbocycles. The predicted octanol–water partition coefficient (Wildman–Crippen LogP) is 1.16. The molecule has 0 rings (SSSR count). The molecule has 94 valence electrons. The summed E-state index contributed by atoms with van der Waals surface area (Å²) in [5, 5.41) is 17.1. The summed E-state index contributed by atoms with van der Waals surface area (Å²) < 4.78 is 0. The summed E-state index contributed by atoms with van der Waals surface area (Å²) in [5.41, 5.74) is 5.16. The van der Waals surface area contributed by atoms with Crippen molar-refractivity contribution in [2.45, 2.75) is 45.1 Å². The molecule has 0 aliphatic rings. The number of hydrogen-bond donors (Lipinski definition) is 1. The second-order valence-electron chi connectivity index (χ2n) is 3.97. The fourth-order valence-corrected chi connectivity index (χ4v) is 1.55. The first-order valence-corrected chi connectivity index (χ1v) is 5.87. The SMILES string of the molecule is CCC(N)(CC)C(=O)N(CCC#N)CCC#N. The van der Waals surface area contributed by atoms with Crippen LogP contribution >= 0.6 is 0 Å². The van der Waals surface area contributed by atoms with E-state index in [0.29, 0.717) is 25.9 Å². The van der Waals surface area contributed by atoms with Gasteiger partial charge in [0.25, 0.3) is 0 Å². The van der Waals surface area contributed by atoms with Crippen molar-refractivity contribution in [1.82, 2.24) is 4.90 Å². The lowest BCUT2D eigenvalue weighted by molar-refractivity contribution is -0.137. The van der Waals surface area contributed by atoms with Gasteiger partial charge in [0.2, 0.25) is 5.91 Å². The first-order valence-electron chi connectivity index (χ1n) is 5.87. The lowest BCUT2D eigenvalue weighted by Gasteiger charge is -2.32. The Morgan fingerprint density at radius 2 is 1.59 bits per heavy atom. The molecule has 5 heteroatoms. The van der Waals surface area contributed by atoms with Crippen molar-refractivity contribution in [2.24, 2.45) is 5.73 Å². The van der Waals surface area contributed by atoms with Gasteiger partial charge in [0.05, 0.1) is 30.5 Å². The van der Waals surface area contributed by atoms with Crippen LogP contribution in [-0.4, -0.2) is 29.4 Å². The highest BCUT2D eigenvalue weighted by molar-refractivity contribution is 5.86. The van der Waals surface area contributed by atoms with Gasteiger partial charge in [0.15, 0.2) is 0 Å². The maximum Gasteiger partial charge on any atom is 0.242 e. The van der Waals surface area contributed by atoms with Crippen molar-refractivity contribution >= 4 is 5.91 Å². The number of amides is 1. The van der Waals surface area contributed by atoms with Crippen LogP contribution in [0.15, 0.2) is 0 Å². The molecule has 0 unspecified atom stereocenters. The summed E-state index contributed by atoms with van der Waals surface area (Å²) in [4.78, 5) is 13.7. The van der Waals surface area contributed by atoms with E-state index in [9.17, 15) is 4.79 Å². The van der Waals surface area contributed by atoms with Crippen LogP contribution < -0.4 is 5.73 Å². The zero-order valence-corrected chi connectivity index (χ0v) is 10.6. The maximum absolute atomic E-state index is 12.2. The van der Waals surface area contributed by atoms with Crippen LogP contribution in [0.1, 0.15) is 39.5 Å². The number of nitriles is 2. The van der Waals surface area contributed by atoms with Crippen LogP contribution in [0.2, 0.25) is 0 Å². The van der Waals surface area contributed by atoms with Crippen molar-refractivity contribution in [3.63, 3.8) is 0 Å². The molecular weight excluding hydrogens is 216 g/mol. The van der Waals surface area contributed by atoms with Crippen LogP contribution in [0.4, 0.5) is 0 Å². The molecule has 0 spiro atoms.